The van der Waals surface area contributed by atoms with Crippen LogP contribution in [0.15, 0.2) is 12.1 Å². The predicted molar refractivity (Wildman–Crippen MR) is 142 cm³/mol. The van der Waals surface area contributed by atoms with Crippen LogP contribution >= 0.6 is 0 Å². The normalized spacial score (nSPS) is 30.5. The van der Waals surface area contributed by atoms with Gasteiger partial charge in [0.15, 0.2) is 0 Å². The molecule has 0 unspecified atom stereocenters. The van der Waals surface area contributed by atoms with E-state index in [-0.39, 0.29) is 69.9 Å². The number of carbonyl (C=O) groups is 3. The maximum absolute atomic E-state index is 13.6. The molecule has 5 rings (SSSR count). The smallest absolute Gasteiger partial charge is 0.306 e. The van der Waals surface area contributed by atoms with Crippen LogP contribution in [0.3, 0.4) is 0 Å². The molecular weight excluding hydrogens is 498 g/mol. The van der Waals surface area contributed by atoms with Crippen LogP contribution in [0.5, 0.6) is 11.5 Å². The van der Waals surface area contributed by atoms with Gasteiger partial charge in [-0.05, 0) is 81.1 Å². The maximum Gasteiger partial charge on any atom is 0.306 e. The van der Waals surface area contributed by atoms with E-state index in [1.54, 1.807) is 6.07 Å². The molecule has 9 nitrogen and oxygen atoms in total. The number of hydrogen-bond donors (Lipinski definition) is 3. The fourth-order valence-electron chi connectivity index (χ4n) is 7.18. The van der Waals surface area contributed by atoms with E-state index in [2.05, 4.69) is 23.6 Å². The molecule has 4 saturated carbocycles. The van der Waals surface area contributed by atoms with Crippen LogP contribution in [0.25, 0.3) is 0 Å². The van der Waals surface area contributed by atoms with E-state index in [9.17, 15) is 24.8 Å². The summed E-state index contributed by atoms with van der Waals surface area (Å²) in [7, 11) is 1.45. The highest BCUT2D eigenvalue weighted by molar-refractivity contribution is 5.98. The number of hydrogen-bond acceptors (Lipinski definition) is 6. The van der Waals surface area contributed by atoms with Crippen molar-refractivity contribution in [2.45, 2.75) is 83.3 Å². The third-order valence-electron chi connectivity index (χ3n) is 9.75. The van der Waals surface area contributed by atoms with Crippen molar-refractivity contribution in [3.63, 3.8) is 0 Å². The van der Waals surface area contributed by atoms with E-state index in [0.29, 0.717) is 38.0 Å². The Morgan fingerprint density at radius 2 is 1.79 bits per heavy atom. The fraction of sp³-hybridized carbons (Fsp3) is 0.667. The van der Waals surface area contributed by atoms with Crippen LogP contribution in [0.2, 0.25) is 0 Å². The Hall–Kier alpha value is -3.28. The number of ether oxygens (including phenoxy) is 2. The Bertz CT molecular complexity index is 1160. The van der Waals surface area contributed by atoms with Crippen molar-refractivity contribution < 1.29 is 29.0 Å². The number of nitriles is 1. The highest BCUT2D eigenvalue weighted by Crippen LogP contribution is 2.49. The Kier molecular flexibility index (Phi) is 7.75. The lowest BCUT2D eigenvalue weighted by Crippen LogP contribution is -2.51. The lowest BCUT2D eigenvalue weighted by Gasteiger charge is -2.39. The van der Waals surface area contributed by atoms with Crippen LogP contribution in [0.1, 0.15) is 87.1 Å². The monoisotopic (exact) mass is 537 g/mol. The van der Waals surface area contributed by atoms with Gasteiger partial charge < -0.3 is 25.2 Å². The third kappa shape index (κ3) is 5.57. The SMILES string of the molecule is COc1cc(C#N)c(OC2CCC(C(=O)O)CC2)cc1C(=O)N[C@@H]1[C@H]2CC[C@H](C2)[C@@H]1C(=O)NCC1(C)CCC1. The fourth-order valence-corrected chi connectivity index (χ4v) is 7.18. The van der Waals surface area contributed by atoms with Crippen molar-refractivity contribution in [3.05, 3.63) is 23.3 Å². The van der Waals surface area contributed by atoms with Crippen LogP contribution in [0, 0.1) is 40.4 Å². The number of fused-ring (bicyclic) bond motifs is 2. The van der Waals surface area contributed by atoms with Gasteiger partial charge in [0.1, 0.15) is 17.6 Å². The number of methoxy groups -OCH3 is 1. The number of rotatable bonds is 9. The van der Waals surface area contributed by atoms with Gasteiger partial charge in [0, 0.05) is 18.7 Å². The zero-order valence-corrected chi connectivity index (χ0v) is 22.8. The molecule has 4 aliphatic rings. The molecule has 2 bridgehead atoms. The zero-order valence-electron chi connectivity index (χ0n) is 22.8. The number of nitrogens with one attached hydrogen (secondary N) is 2. The second-order valence-electron chi connectivity index (χ2n) is 12.3. The van der Waals surface area contributed by atoms with E-state index in [1.807, 2.05) is 0 Å². The quantitative estimate of drug-likeness (QED) is 0.432. The molecule has 2 amide bonds. The average molecular weight is 538 g/mol. The average Bonchev–Trinajstić information content (AvgIpc) is 3.52. The second-order valence-corrected chi connectivity index (χ2v) is 12.3. The van der Waals surface area contributed by atoms with Crippen molar-refractivity contribution in [3.8, 4) is 17.6 Å². The molecule has 1 aromatic rings. The molecule has 4 atom stereocenters. The zero-order chi connectivity index (χ0) is 27.7. The van der Waals surface area contributed by atoms with Gasteiger partial charge in [-0.3, -0.25) is 14.4 Å². The molecular formula is C30H39N3O6. The number of benzene rings is 1. The minimum atomic E-state index is -0.792. The third-order valence-corrected chi connectivity index (χ3v) is 9.75. The van der Waals surface area contributed by atoms with Gasteiger partial charge in [0.25, 0.3) is 5.91 Å². The molecule has 210 valence electrons. The van der Waals surface area contributed by atoms with Crippen molar-refractivity contribution in [2.75, 3.05) is 13.7 Å². The molecule has 4 fully saturated rings. The highest BCUT2D eigenvalue weighted by atomic mass is 16.5. The van der Waals surface area contributed by atoms with Crippen molar-refractivity contribution in [2.24, 2.45) is 29.1 Å². The lowest BCUT2D eigenvalue weighted by molar-refractivity contribution is -0.143. The summed E-state index contributed by atoms with van der Waals surface area (Å²) in [5, 5.41) is 25.4. The van der Waals surface area contributed by atoms with Gasteiger partial charge in [0.2, 0.25) is 5.91 Å². The molecule has 0 aliphatic heterocycles. The summed E-state index contributed by atoms with van der Waals surface area (Å²) in [4.78, 5) is 38.2. The molecule has 39 heavy (non-hydrogen) atoms. The van der Waals surface area contributed by atoms with Crippen molar-refractivity contribution >= 4 is 17.8 Å². The Morgan fingerprint density at radius 1 is 1.08 bits per heavy atom. The Morgan fingerprint density at radius 3 is 2.41 bits per heavy atom. The van der Waals surface area contributed by atoms with Crippen LogP contribution < -0.4 is 20.1 Å². The first-order valence-electron chi connectivity index (χ1n) is 14.3. The van der Waals surface area contributed by atoms with Gasteiger partial charge in [-0.15, -0.1) is 0 Å². The minimum absolute atomic E-state index is 0.0356. The van der Waals surface area contributed by atoms with E-state index in [0.717, 1.165) is 32.1 Å². The number of amides is 2. The van der Waals surface area contributed by atoms with Crippen LogP contribution in [-0.4, -0.2) is 48.7 Å². The number of aliphatic carboxylic acids is 1. The standard InChI is InChI=1S/C30H39N3O6/c1-30(10-3-11-30)16-32-28(35)25-18-4-5-19(12-18)26(25)33-27(34)22-14-23(20(15-31)13-24(22)38-2)39-21-8-6-17(7-9-21)29(36)37/h13-14,17-19,21,25-26H,3-12,16H2,1-2H3,(H,32,35)(H,33,34)(H,36,37)/t17?,18-,19+,21?,25+,26-/m1/s1. The number of carboxylic acid groups (broad SMARTS) is 1. The summed E-state index contributed by atoms with van der Waals surface area (Å²) < 4.78 is 11.6. The van der Waals surface area contributed by atoms with E-state index < -0.39 is 5.97 Å². The number of carboxylic acids is 1. The molecule has 0 radical (unpaired) electrons. The largest absolute Gasteiger partial charge is 0.496 e. The summed E-state index contributed by atoms with van der Waals surface area (Å²) in [6.45, 7) is 2.89. The van der Waals surface area contributed by atoms with Crippen LogP contribution in [-0.2, 0) is 9.59 Å². The molecule has 0 spiro atoms. The first kappa shape index (κ1) is 27.3. The maximum atomic E-state index is 13.6. The molecule has 1 aromatic carbocycles. The summed E-state index contributed by atoms with van der Waals surface area (Å²) in [5.41, 5.74) is 0.700. The summed E-state index contributed by atoms with van der Waals surface area (Å²) in [6, 6.07) is 4.94. The number of nitrogens with zero attached hydrogens (tertiary/aromatic N) is 1. The number of carbonyl (C=O) groups excluding carboxylic acids is 2. The molecule has 9 heteroatoms. The molecule has 0 aromatic heterocycles. The van der Waals surface area contributed by atoms with Gasteiger partial charge in [-0.2, -0.15) is 5.26 Å². The van der Waals surface area contributed by atoms with Gasteiger partial charge in [-0.25, -0.2) is 0 Å². The first-order chi connectivity index (χ1) is 18.7. The van der Waals surface area contributed by atoms with E-state index in [4.69, 9.17) is 9.47 Å². The molecule has 4 aliphatic carbocycles. The summed E-state index contributed by atoms with van der Waals surface area (Å²) >= 11 is 0. The Balaban J connectivity index is 1.31. The predicted octanol–water partition coefficient (Wildman–Crippen LogP) is 4.04. The summed E-state index contributed by atoms with van der Waals surface area (Å²) in [5.74, 6) is -0.631. The van der Waals surface area contributed by atoms with E-state index >= 15 is 0 Å². The lowest BCUT2D eigenvalue weighted by atomic mass is 9.70. The Labute approximate surface area is 229 Å². The first-order valence-corrected chi connectivity index (χ1v) is 14.3. The van der Waals surface area contributed by atoms with Crippen molar-refractivity contribution in [1.29, 1.82) is 5.26 Å². The van der Waals surface area contributed by atoms with Gasteiger partial charge >= 0.3 is 5.97 Å². The summed E-state index contributed by atoms with van der Waals surface area (Å²) in [6.07, 6.45) is 8.35. The molecule has 0 heterocycles. The second kappa shape index (κ2) is 11.1. The van der Waals surface area contributed by atoms with Gasteiger partial charge in [-0.1, -0.05) is 13.3 Å². The van der Waals surface area contributed by atoms with E-state index in [1.165, 1.54) is 19.6 Å². The van der Waals surface area contributed by atoms with Crippen molar-refractivity contribution in [1.82, 2.24) is 10.6 Å². The topological polar surface area (TPSA) is 138 Å². The molecule has 0 saturated heterocycles. The van der Waals surface area contributed by atoms with Gasteiger partial charge in [0.05, 0.1) is 36.2 Å². The highest BCUT2D eigenvalue weighted by Gasteiger charge is 2.51. The minimum Gasteiger partial charge on any atom is -0.496 e. The van der Waals surface area contributed by atoms with Crippen LogP contribution in [0.4, 0.5) is 0 Å². The molecule has 3 N–H and O–H groups in total.